The standard InChI is InChI=1S/C22H30N4O3S/c1-24(2)30(28,29)25(3)21-11-9-20(10-12-21)22(27)23-16-18-7-6-8-19(15-18)17-26-13-4-5-14-26/h6-12,15H,4-5,13-14,16-17H2,1-3H3,(H,23,27). The molecule has 0 radical (unpaired) electrons. The monoisotopic (exact) mass is 430 g/mol. The van der Waals surface area contributed by atoms with E-state index in [0.717, 1.165) is 29.5 Å². The van der Waals surface area contributed by atoms with Crippen molar-refractivity contribution in [1.29, 1.82) is 0 Å². The summed E-state index contributed by atoms with van der Waals surface area (Å²) in [5, 5.41) is 2.94. The van der Waals surface area contributed by atoms with Crippen molar-refractivity contribution in [1.82, 2.24) is 14.5 Å². The Balaban J connectivity index is 1.59. The van der Waals surface area contributed by atoms with Crippen LogP contribution in [0.3, 0.4) is 0 Å². The zero-order chi connectivity index (χ0) is 21.7. The Morgan fingerprint density at radius 1 is 1.00 bits per heavy atom. The maximum absolute atomic E-state index is 12.5. The predicted octanol–water partition coefficient (Wildman–Crippen LogP) is 2.46. The smallest absolute Gasteiger partial charge is 0.303 e. The number of amides is 1. The van der Waals surface area contributed by atoms with Gasteiger partial charge in [0.1, 0.15) is 0 Å². The van der Waals surface area contributed by atoms with E-state index >= 15 is 0 Å². The third-order valence-electron chi connectivity index (χ3n) is 5.35. The van der Waals surface area contributed by atoms with E-state index in [4.69, 9.17) is 0 Å². The first-order valence-corrected chi connectivity index (χ1v) is 11.5. The number of carbonyl (C=O) groups excluding carboxylic acids is 1. The summed E-state index contributed by atoms with van der Waals surface area (Å²) >= 11 is 0. The van der Waals surface area contributed by atoms with Gasteiger partial charge in [-0.1, -0.05) is 24.3 Å². The normalized spacial score (nSPS) is 14.8. The van der Waals surface area contributed by atoms with Crippen molar-refractivity contribution in [3.05, 3.63) is 65.2 Å². The molecule has 1 heterocycles. The molecule has 1 aliphatic heterocycles. The second kappa shape index (κ2) is 9.59. The maximum atomic E-state index is 12.5. The van der Waals surface area contributed by atoms with E-state index < -0.39 is 10.2 Å². The van der Waals surface area contributed by atoms with Gasteiger partial charge >= 0.3 is 10.2 Å². The molecular formula is C22H30N4O3S. The highest BCUT2D eigenvalue weighted by Gasteiger charge is 2.21. The van der Waals surface area contributed by atoms with E-state index in [0.29, 0.717) is 17.8 Å². The summed E-state index contributed by atoms with van der Waals surface area (Å²) in [4.78, 5) is 15.0. The molecule has 2 aromatic carbocycles. The van der Waals surface area contributed by atoms with Crippen molar-refractivity contribution in [3.8, 4) is 0 Å². The second-order valence-corrected chi connectivity index (χ2v) is 9.96. The van der Waals surface area contributed by atoms with Gasteiger partial charge in [-0.25, -0.2) is 0 Å². The van der Waals surface area contributed by atoms with E-state index in [2.05, 4.69) is 22.3 Å². The fourth-order valence-electron chi connectivity index (χ4n) is 3.52. The molecule has 1 N–H and O–H groups in total. The summed E-state index contributed by atoms with van der Waals surface area (Å²) in [5.74, 6) is -0.190. The van der Waals surface area contributed by atoms with Crippen LogP contribution in [-0.4, -0.2) is 57.8 Å². The lowest BCUT2D eigenvalue weighted by molar-refractivity contribution is 0.0951. The number of hydrogen-bond donors (Lipinski definition) is 1. The lowest BCUT2D eigenvalue weighted by Crippen LogP contribution is -2.37. The number of nitrogens with zero attached hydrogens (tertiary/aromatic N) is 3. The summed E-state index contributed by atoms with van der Waals surface area (Å²) < 4.78 is 26.8. The van der Waals surface area contributed by atoms with Crippen LogP contribution in [-0.2, 0) is 23.3 Å². The molecule has 0 atom stereocenters. The van der Waals surface area contributed by atoms with Crippen LogP contribution in [0.4, 0.5) is 5.69 Å². The van der Waals surface area contributed by atoms with Crippen molar-refractivity contribution in [2.45, 2.75) is 25.9 Å². The summed E-state index contributed by atoms with van der Waals surface area (Å²) in [6.45, 7) is 3.71. The summed E-state index contributed by atoms with van der Waals surface area (Å²) in [6.07, 6.45) is 2.54. The molecule has 3 rings (SSSR count). The van der Waals surface area contributed by atoms with Crippen LogP contribution in [0.1, 0.15) is 34.3 Å². The number of carbonyl (C=O) groups is 1. The number of nitrogens with one attached hydrogen (secondary N) is 1. The number of hydrogen-bond acceptors (Lipinski definition) is 4. The molecule has 30 heavy (non-hydrogen) atoms. The first-order valence-electron chi connectivity index (χ1n) is 10.1. The molecule has 1 saturated heterocycles. The molecular weight excluding hydrogens is 400 g/mol. The summed E-state index contributed by atoms with van der Waals surface area (Å²) in [5.41, 5.74) is 3.31. The van der Waals surface area contributed by atoms with Gasteiger partial charge in [-0.3, -0.25) is 14.0 Å². The summed E-state index contributed by atoms with van der Waals surface area (Å²) in [6, 6.07) is 14.8. The van der Waals surface area contributed by atoms with Crippen LogP contribution < -0.4 is 9.62 Å². The van der Waals surface area contributed by atoms with E-state index in [9.17, 15) is 13.2 Å². The molecule has 7 nitrogen and oxygen atoms in total. The zero-order valence-corrected chi connectivity index (χ0v) is 18.7. The maximum Gasteiger partial charge on any atom is 0.303 e. The average molecular weight is 431 g/mol. The third kappa shape index (κ3) is 5.38. The molecule has 0 saturated carbocycles. The van der Waals surface area contributed by atoms with Crippen LogP contribution in [0.5, 0.6) is 0 Å². The topological polar surface area (TPSA) is 73.0 Å². The highest BCUT2D eigenvalue weighted by atomic mass is 32.2. The molecule has 0 aliphatic carbocycles. The zero-order valence-electron chi connectivity index (χ0n) is 17.8. The van der Waals surface area contributed by atoms with Crippen molar-refractivity contribution >= 4 is 21.8 Å². The van der Waals surface area contributed by atoms with Crippen molar-refractivity contribution in [2.24, 2.45) is 0 Å². The molecule has 1 fully saturated rings. The van der Waals surface area contributed by atoms with Crippen LogP contribution in [0.2, 0.25) is 0 Å². The quantitative estimate of drug-likeness (QED) is 0.698. The number of rotatable bonds is 8. The molecule has 0 unspecified atom stereocenters. The Morgan fingerprint density at radius 2 is 1.63 bits per heavy atom. The minimum atomic E-state index is -3.56. The molecule has 1 aliphatic rings. The molecule has 0 spiro atoms. The fraction of sp³-hybridized carbons (Fsp3) is 0.409. The number of benzene rings is 2. The van der Waals surface area contributed by atoms with Gasteiger partial charge in [0.05, 0.1) is 5.69 Å². The Bertz CT molecular complexity index is 968. The second-order valence-electron chi connectivity index (χ2n) is 7.79. The minimum absolute atomic E-state index is 0.190. The average Bonchev–Trinajstić information content (AvgIpc) is 3.24. The van der Waals surface area contributed by atoms with E-state index in [1.54, 1.807) is 24.3 Å². The molecule has 8 heteroatoms. The molecule has 1 amide bonds. The fourth-order valence-corrected chi connectivity index (χ4v) is 4.40. The Morgan fingerprint density at radius 3 is 2.27 bits per heavy atom. The molecule has 0 aromatic heterocycles. The van der Waals surface area contributed by atoms with Crippen molar-refractivity contribution in [3.63, 3.8) is 0 Å². The Labute approximate surface area is 179 Å². The van der Waals surface area contributed by atoms with Crippen LogP contribution >= 0.6 is 0 Å². The van der Waals surface area contributed by atoms with Gasteiger partial charge in [-0.05, 0) is 61.3 Å². The SMILES string of the molecule is CN(C)S(=O)(=O)N(C)c1ccc(C(=O)NCc2cccc(CN3CCCC3)c2)cc1. The predicted molar refractivity (Wildman–Crippen MR) is 120 cm³/mol. The number of anilines is 1. The highest BCUT2D eigenvalue weighted by molar-refractivity contribution is 7.90. The molecule has 162 valence electrons. The largest absolute Gasteiger partial charge is 0.348 e. The van der Waals surface area contributed by atoms with E-state index in [1.165, 1.54) is 43.9 Å². The highest BCUT2D eigenvalue weighted by Crippen LogP contribution is 2.18. The van der Waals surface area contributed by atoms with Gasteiger partial charge in [0, 0.05) is 39.8 Å². The van der Waals surface area contributed by atoms with Crippen LogP contribution in [0.15, 0.2) is 48.5 Å². The number of likely N-dealkylation sites (tertiary alicyclic amines) is 1. The minimum Gasteiger partial charge on any atom is -0.348 e. The van der Waals surface area contributed by atoms with E-state index in [-0.39, 0.29) is 5.91 Å². The lowest BCUT2D eigenvalue weighted by atomic mass is 10.1. The third-order valence-corrected chi connectivity index (χ3v) is 7.18. The Kier molecular flexibility index (Phi) is 7.12. The van der Waals surface area contributed by atoms with Gasteiger partial charge in [-0.2, -0.15) is 12.7 Å². The molecule has 0 bridgehead atoms. The first kappa shape index (κ1) is 22.3. The van der Waals surface area contributed by atoms with Crippen molar-refractivity contribution < 1.29 is 13.2 Å². The van der Waals surface area contributed by atoms with Crippen LogP contribution in [0.25, 0.3) is 0 Å². The van der Waals surface area contributed by atoms with Gasteiger partial charge in [0.25, 0.3) is 5.91 Å². The van der Waals surface area contributed by atoms with E-state index in [1.807, 2.05) is 12.1 Å². The van der Waals surface area contributed by atoms with Gasteiger partial charge < -0.3 is 5.32 Å². The van der Waals surface area contributed by atoms with Crippen LogP contribution in [0, 0.1) is 0 Å². The van der Waals surface area contributed by atoms with Gasteiger partial charge in [0.2, 0.25) is 0 Å². The molecule has 2 aromatic rings. The summed E-state index contributed by atoms with van der Waals surface area (Å²) in [7, 11) is 0.886. The lowest BCUT2D eigenvalue weighted by Gasteiger charge is -2.23. The Hall–Kier alpha value is -2.42. The van der Waals surface area contributed by atoms with Gasteiger partial charge in [0.15, 0.2) is 0 Å². The van der Waals surface area contributed by atoms with Crippen molar-refractivity contribution in [2.75, 3.05) is 38.5 Å². The van der Waals surface area contributed by atoms with Gasteiger partial charge in [-0.15, -0.1) is 0 Å². The first-order chi connectivity index (χ1) is 14.3.